The highest BCUT2D eigenvalue weighted by molar-refractivity contribution is 6.35. The molecule has 5 nitrogen and oxygen atoms in total. The van der Waals surface area contributed by atoms with E-state index in [9.17, 15) is 4.79 Å². The maximum absolute atomic E-state index is 12.8. The zero-order valence-corrected chi connectivity index (χ0v) is 15.3. The van der Waals surface area contributed by atoms with E-state index in [2.05, 4.69) is 22.9 Å². The fourth-order valence-corrected chi connectivity index (χ4v) is 4.17. The molecule has 0 bridgehead atoms. The van der Waals surface area contributed by atoms with Crippen molar-refractivity contribution in [3.8, 4) is 0 Å². The molecule has 1 N–H and O–H groups in total. The molecule has 0 radical (unpaired) electrons. The zero-order valence-electron chi connectivity index (χ0n) is 14.6. The van der Waals surface area contributed by atoms with E-state index >= 15 is 0 Å². The number of nitrogens with zero attached hydrogens (tertiary/aromatic N) is 2. The molecule has 0 aliphatic carbocycles. The Morgan fingerprint density at radius 1 is 1.32 bits per heavy atom. The summed E-state index contributed by atoms with van der Waals surface area (Å²) in [7, 11) is 0. The summed E-state index contributed by atoms with van der Waals surface area (Å²) in [6.07, 6.45) is 1.43. The molecular formula is C19H24ClN3O2. The van der Waals surface area contributed by atoms with Gasteiger partial charge in [-0.1, -0.05) is 23.7 Å². The number of morpholine rings is 1. The number of nitrogens with one attached hydrogen (secondary N) is 1. The number of aromatic amines is 1. The highest BCUT2D eigenvalue weighted by Gasteiger charge is 2.27. The average molecular weight is 362 g/mol. The molecule has 6 heteroatoms. The second-order valence-electron chi connectivity index (χ2n) is 7.01. The van der Waals surface area contributed by atoms with Gasteiger partial charge in [-0.3, -0.25) is 9.69 Å². The minimum Gasteiger partial charge on any atom is -0.379 e. The van der Waals surface area contributed by atoms with Crippen LogP contribution in [0.2, 0.25) is 5.02 Å². The van der Waals surface area contributed by atoms with Gasteiger partial charge in [0.1, 0.15) is 0 Å². The van der Waals surface area contributed by atoms with Gasteiger partial charge in [-0.05, 0) is 13.0 Å². The van der Waals surface area contributed by atoms with Crippen molar-refractivity contribution in [2.24, 2.45) is 0 Å². The highest BCUT2D eigenvalue weighted by Crippen LogP contribution is 2.31. The number of hydrogen-bond acceptors (Lipinski definition) is 3. The lowest BCUT2D eigenvalue weighted by atomic mass is 10.0. The van der Waals surface area contributed by atoms with Gasteiger partial charge < -0.3 is 14.6 Å². The van der Waals surface area contributed by atoms with Crippen molar-refractivity contribution in [3.63, 3.8) is 0 Å². The van der Waals surface area contributed by atoms with Crippen LogP contribution in [-0.2, 0) is 22.5 Å². The van der Waals surface area contributed by atoms with Crippen LogP contribution in [0.1, 0.15) is 24.6 Å². The lowest BCUT2D eigenvalue weighted by Gasteiger charge is -2.34. The molecule has 0 unspecified atom stereocenters. The van der Waals surface area contributed by atoms with Gasteiger partial charge in [-0.2, -0.15) is 0 Å². The number of halogens is 1. The predicted octanol–water partition coefficient (Wildman–Crippen LogP) is 2.82. The van der Waals surface area contributed by atoms with Crippen molar-refractivity contribution >= 4 is 28.4 Å². The summed E-state index contributed by atoms with van der Waals surface area (Å²) < 4.78 is 5.40. The first-order valence-electron chi connectivity index (χ1n) is 9.01. The van der Waals surface area contributed by atoms with Gasteiger partial charge in [0.05, 0.1) is 23.8 Å². The summed E-state index contributed by atoms with van der Waals surface area (Å²) in [6.45, 7) is 6.95. The van der Waals surface area contributed by atoms with Crippen LogP contribution in [-0.4, -0.2) is 59.6 Å². The summed E-state index contributed by atoms with van der Waals surface area (Å²) in [6, 6.07) is 6.22. The number of hydrogen-bond donors (Lipinski definition) is 1. The fraction of sp³-hybridized carbons (Fsp3) is 0.526. The van der Waals surface area contributed by atoms with Crippen LogP contribution >= 0.6 is 11.6 Å². The van der Waals surface area contributed by atoms with Crippen molar-refractivity contribution in [1.29, 1.82) is 0 Å². The quantitative estimate of drug-likeness (QED) is 0.914. The SMILES string of the molecule is C[C@H](CC(=O)N1CCc2[nH]c3c(Cl)cccc3c2C1)N1CCOCC1. The molecule has 1 aromatic carbocycles. The number of H-pyrrole nitrogens is 1. The van der Waals surface area contributed by atoms with Gasteiger partial charge in [0.25, 0.3) is 0 Å². The first-order valence-corrected chi connectivity index (χ1v) is 9.39. The maximum atomic E-state index is 12.8. The lowest BCUT2D eigenvalue weighted by molar-refractivity contribution is -0.133. The first-order chi connectivity index (χ1) is 12.1. The number of ether oxygens (including phenoxy) is 1. The third-order valence-corrected chi connectivity index (χ3v) is 5.77. The Kier molecular flexibility index (Phi) is 4.71. The van der Waals surface area contributed by atoms with E-state index < -0.39 is 0 Å². The van der Waals surface area contributed by atoms with Crippen LogP contribution in [0.25, 0.3) is 10.9 Å². The number of carbonyl (C=O) groups is 1. The van der Waals surface area contributed by atoms with E-state index in [1.807, 2.05) is 17.0 Å². The second kappa shape index (κ2) is 6.98. The Labute approximate surface area is 152 Å². The largest absolute Gasteiger partial charge is 0.379 e. The molecule has 1 amide bonds. The van der Waals surface area contributed by atoms with Crippen LogP contribution in [0.3, 0.4) is 0 Å². The molecule has 25 heavy (non-hydrogen) atoms. The number of rotatable bonds is 3. The standard InChI is InChI=1S/C19H24ClN3O2/c1-13(22-7-9-25-10-8-22)11-18(24)23-6-5-17-15(12-23)14-3-2-4-16(20)19(14)21-17/h2-4,13,21H,5-12H2,1H3/t13-/m1/s1. The van der Waals surface area contributed by atoms with E-state index in [1.165, 1.54) is 11.3 Å². The molecule has 134 valence electrons. The minimum absolute atomic E-state index is 0.237. The van der Waals surface area contributed by atoms with Gasteiger partial charge >= 0.3 is 0 Å². The Morgan fingerprint density at radius 2 is 2.12 bits per heavy atom. The highest BCUT2D eigenvalue weighted by atomic mass is 35.5. The predicted molar refractivity (Wildman–Crippen MR) is 98.9 cm³/mol. The van der Waals surface area contributed by atoms with E-state index in [4.69, 9.17) is 16.3 Å². The molecule has 3 heterocycles. The van der Waals surface area contributed by atoms with E-state index in [0.29, 0.717) is 13.0 Å². The Bertz CT molecular complexity index is 782. The Hall–Kier alpha value is -1.56. The molecule has 1 aromatic heterocycles. The third kappa shape index (κ3) is 3.28. The molecule has 0 spiro atoms. The monoisotopic (exact) mass is 361 g/mol. The average Bonchev–Trinajstić information content (AvgIpc) is 3.02. The number of para-hydroxylation sites is 1. The molecule has 1 fully saturated rings. The number of carbonyl (C=O) groups excluding carboxylic acids is 1. The van der Waals surface area contributed by atoms with Crippen molar-refractivity contribution in [3.05, 3.63) is 34.5 Å². The Balaban J connectivity index is 1.47. The molecule has 1 saturated heterocycles. The van der Waals surface area contributed by atoms with E-state index in [-0.39, 0.29) is 11.9 Å². The number of aromatic nitrogens is 1. The maximum Gasteiger partial charge on any atom is 0.224 e. The molecule has 2 aromatic rings. The van der Waals surface area contributed by atoms with Gasteiger partial charge in [-0.25, -0.2) is 0 Å². The Morgan fingerprint density at radius 3 is 2.92 bits per heavy atom. The number of amides is 1. The minimum atomic E-state index is 0.237. The molecule has 1 atom stereocenters. The van der Waals surface area contributed by atoms with E-state index in [0.717, 1.165) is 55.2 Å². The van der Waals surface area contributed by atoms with Gasteiger partial charge in [0, 0.05) is 61.7 Å². The van der Waals surface area contributed by atoms with Gasteiger partial charge in [-0.15, -0.1) is 0 Å². The molecule has 2 aliphatic rings. The van der Waals surface area contributed by atoms with Crippen molar-refractivity contribution in [2.75, 3.05) is 32.8 Å². The number of benzene rings is 1. The van der Waals surface area contributed by atoms with Gasteiger partial charge in [0.2, 0.25) is 5.91 Å². The fourth-order valence-electron chi connectivity index (χ4n) is 3.94. The second-order valence-corrected chi connectivity index (χ2v) is 7.42. The molecule has 4 rings (SSSR count). The number of fused-ring (bicyclic) bond motifs is 3. The molecular weight excluding hydrogens is 338 g/mol. The topological polar surface area (TPSA) is 48.6 Å². The molecule has 0 saturated carbocycles. The van der Waals surface area contributed by atoms with Crippen molar-refractivity contribution in [2.45, 2.75) is 32.4 Å². The lowest BCUT2D eigenvalue weighted by Crippen LogP contribution is -2.45. The van der Waals surface area contributed by atoms with Crippen LogP contribution in [0, 0.1) is 0 Å². The summed E-state index contributed by atoms with van der Waals surface area (Å²) in [4.78, 5) is 20.6. The normalized spacial score (nSPS) is 19.8. The zero-order chi connectivity index (χ0) is 17.4. The van der Waals surface area contributed by atoms with Crippen LogP contribution < -0.4 is 0 Å². The van der Waals surface area contributed by atoms with E-state index in [1.54, 1.807) is 0 Å². The molecule has 2 aliphatic heterocycles. The summed E-state index contributed by atoms with van der Waals surface area (Å²) in [5, 5.41) is 1.88. The van der Waals surface area contributed by atoms with Crippen molar-refractivity contribution in [1.82, 2.24) is 14.8 Å². The van der Waals surface area contributed by atoms with Crippen LogP contribution in [0.5, 0.6) is 0 Å². The summed E-state index contributed by atoms with van der Waals surface area (Å²) in [5.74, 6) is 0.237. The van der Waals surface area contributed by atoms with Crippen LogP contribution in [0.15, 0.2) is 18.2 Å². The smallest absolute Gasteiger partial charge is 0.224 e. The van der Waals surface area contributed by atoms with Crippen LogP contribution in [0.4, 0.5) is 0 Å². The third-order valence-electron chi connectivity index (χ3n) is 5.45. The summed E-state index contributed by atoms with van der Waals surface area (Å²) >= 11 is 6.30. The van der Waals surface area contributed by atoms with Gasteiger partial charge in [0.15, 0.2) is 0 Å². The summed E-state index contributed by atoms with van der Waals surface area (Å²) in [5.41, 5.74) is 3.43. The van der Waals surface area contributed by atoms with Crippen molar-refractivity contribution < 1.29 is 9.53 Å². The first kappa shape index (κ1) is 16.9.